The van der Waals surface area contributed by atoms with Crippen LogP contribution in [0.4, 0.5) is 0 Å². The van der Waals surface area contributed by atoms with Crippen LogP contribution < -0.4 is 10.9 Å². The van der Waals surface area contributed by atoms with Gasteiger partial charge in [-0.2, -0.15) is 10.5 Å². The predicted molar refractivity (Wildman–Crippen MR) is 76.2 cm³/mol. The molecule has 19 heavy (non-hydrogen) atoms. The average Bonchev–Trinajstić information content (AvgIpc) is 2.32. The van der Waals surface area contributed by atoms with E-state index in [0.717, 1.165) is 0 Å². The fourth-order valence-electron chi connectivity index (χ4n) is 1.50. The fourth-order valence-corrected chi connectivity index (χ4v) is 3.90. The van der Waals surface area contributed by atoms with Gasteiger partial charge in [-0.1, -0.05) is 0 Å². The molecular formula is C12H24N5OP. The van der Waals surface area contributed by atoms with Crippen molar-refractivity contribution in [3.63, 3.8) is 0 Å². The van der Waals surface area contributed by atoms with Crippen molar-refractivity contribution in [1.82, 2.24) is 15.7 Å². The SMILES string of the molecule is CC(C)NN(NC(C)C)P(=O)(CCC#N)CCC#N. The molecule has 0 amide bonds. The molecule has 0 aromatic rings. The minimum absolute atomic E-state index is 0.115. The van der Waals surface area contributed by atoms with Crippen LogP contribution in [0.3, 0.4) is 0 Å². The van der Waals surface area contributed by atoms with Crippen LogP contribution in [0.2, 0.25) is 0 Å². The van der Waals surface area contributed by atoms with Gasteiger partial charge in [0.1, 0.15) is 0 Å². The van der Waals surface area contributed by atoms with E-state index in [4.69, 9.17) is 10.5 Å². The third-order valence-corrected chi connectivity index (χ3v) is 5.08. The zero-order valence-electron chi connectivity index (χ0n) is 12.2. The molecule has 0 aliphatic rings. The molecule has 108 valence electrons. The first-order chi connectivity index (χ1) is 8.85. The molecule has 7 heteroatoms. The van der Waals surface area contributed by atoms with Crippen LogP contribution in [-0.4, -0.2) is 29.3 Å². The molecular weight excluding hydrogens is 261 g/mol. The predicted octanol–water partition coefficient (Wildman–Crippen LogP) is 2.22. The highest BCUT2D eigenvalue weighted by molar-refractivity contribution is 7.61. The van der Waals surface area contributed by atoms with Gasteiger partial charge in [0.05, 0.1) is 12.1 Å². The van der Waals surface area contributed by atoms with Crippen LogP contribution in [0.15, 0.2) is 0 Å². The quantitative estimate of drug-likeness (QED) is 0.498. The van der Waals surface area contributed by atoms with E-state index >= 15 is 0 Å². The Morgan fingerprint density at radius 1 is 1.00 bits per heavy atom. The summed E-state index contributed by atoms with van der Waals surface area (Å²) in [4.78, 5) is 1.55. The molecule has 0 heterocycles. The van der Waals surface area contributed by atoms with Gasteiger partial charge in [-0.15, -0.1) is 4.89 Å². The summed E-state index contributed by atoms with van der Waals surface area (Å²) in [5, 5.41) is 17.4. The lowest BCUT2D eigenvalue weighted by atomic mass is 10.4. The highest BCUT2D eigenvalue weighted by Gasteiger charge is 2.31. The summed E-state index contributed by atoms with van der Waals surface area (Å²) in [7, 11) is -2.80. The van der Waals surface area contributed by atoms with E-state index in [2.05, 4.69) is 10.9 Å². The summed E-state index contributed by atoms with van der Waals surface area (Å²) in [5.74, 6) is 0. The van der Waals surface area contributed by atoms with Crippen LogP contribution in [0.25, 0.3) is 0 Å². The van der Waals surface area contributed by atoms with Crippen LogP contribution in [0, 0.1) is 22.7 Å². The van der Waals surface area contributed by atoms with Gasteiger partial charge >= 0.3 is 0 Å². The highest BCUT2D eigenvalue weighted by Crippen LogP contribution is 2.48. The molecule has 0 fully saturated rings. The van der Waals surface area contributed by atoms with E-state index in [-0.39, 0.29) is 37.2 Å². The van der Waals surface area contributed by atoms with Crippen molar-refractivity contribution in [2.75, 3.05) is 12.3 Å². The maximum absolute atomic E-state index is 13.0. The van der Waals surface area contributed by atoms with Gasteiger partial charge in [0.25, 0.3) is 0 Å². The molecule has 2 N–H and O–H groups in total. The van der Waals surface area contributed by atoms with Crippen molar-refractivity contribution in [3.8, 4) is 12.1 Å². The Balaban J connectivity index is 5.04. The van der Waals surface area contributed by atoms with E-state index in [0.29, 0.717) is 0 Å². The Bertz CT molecular complexity index is 351. The van der Waals surface area contributed by atoms with Gasteiger partial charge in [0.2, 0.25) is 0 Å². The first kappa shape index (κ1) is 18.1. The van der Waals surface area contributed by atoms with E-state index in [1.807, 2.05) is 39.8 Å². The molecule has 0 bridgehead atoms. The van der Waals surface area contributed by atoms with Crippen LogP contribution in [0.5, 0.6) is 0 Å². The first-order valence-electron chi connectivity index (χ1n) is 6.50. The van der Waals surface area contributed by atoms with Crippen molar-refractivity contribution >= 4 is 7.29 Å². The molecule has 0 aromatic heterocycles. The number of nitriles is 2. The van der Waals surface area contributed by atoms with Crippen molar-refractivity contribution in [2.24, 2.45) is 0 Å². The van der Waals surface area contributed by atoms with Crippen molar-refractivity contribution < 1.29 is 4.57 Å². The van der Waals surface area contributed by atoms with Crippen molar-refractivity contribution in [2.45, 2.75) is 52.6 Å². The smallest absolute Gasteiger partial charge is 0.178 e. The Hall–Kier alpha value is -0.910. The van der Waals surface area contributed by atoms with Gasteiger partial charge < -0.3 is 4.57 Å². The molecule has 0 aliphatic heterocycles. The molecule has 6 nitrogen and oxygen atoms in total. The third kappa shape index (κ3) is 7.30. The topological polar surface area (TPSA) is 91.9 Å². The van der Waals surface area contributed by atoms with E-state index in [1.165, 1.54) is 0 Å². The largest absolute Gasteiger partial charge is 0.304 e. The second kappa shape index (κ2) is 9.07. The minimum Gasteiger partial charge on any atom is -0.304 e. The number of hydrogen-bond donors (Lipinski definition) is 2. The zero-order chi connectivity index (χ0) is 14.9. The number of hydrazine groups is 2. The standard InChI is InChI=1S/C12H24N5OP/c1-11(2)15-17(16-12(3)4)19(18,9-5-7-13)10-6-8-14/h11-12,15-16H,5-6,9-10H2,1-4H3. The lowest BCUT2D eigenvalue weighted by Crippen LogP contribution is -2.51. The summed E-state index contributed by atoms with van der Waals surface area (Å²) in [6, 6.07) is 4.28. The number of nitrogens with one attached hydrogen (secondary N) is 2. The average molecular weight is 285 g/mol. The molecule has 0 saturated carbocycles. The van der Waals surface area contributed by atoms with Gasteiger partial charge in [-0.05, 0) is 27.7 Å². The van der Waals surface area contributed by atoms with Crippen molar-refractivity contribution in [1.29, 1.82) is 10.5 Å². The second-order valence-electron chi connectivity index (χ2n) is 4.99. The van der Waals surface area contributed by atoms with E-state index in [9.17, 15) is 4.57 Å². The second-order valence-corrected chi connectivity index (χ2v) is 7.98. The first-order valence-corrected chi connectivity index (χ1v) is 8.53. The molecule has 0 unspecified atom stereocenters. The molecule has 0 rings (SSSR count). The van der Waals surface area contributed by atoms with Crippen LogP contribution in [0.1, 0.15) is 40.5 Å². The van der Waals surface area contributed by atoms with Gasteiger partial charge in [0, 0.05) is 37.2 Å². The Kier molecular flexibility index (Phi) is 8.63. The summed E-state index contributed by atoms with van der Waals surface area (Å²) in [6.07, 6.45) is 1.01. The highest BCUT2D eigenvalue weighted by atomic mass is 31.2. The maximum Gasteiger partial charge on any atom is 0.178 e. The van der Waals surface area contributed by atoms with E-state index < -0.39 is 7.29 Å². The summed E-state index contributed by atoms with van der Waals surface area (Å²) in [5.41, 5.74) is 6.22. The van der Waals surface area contributed by atoms with Crippen LogP contribution in [-0.2, 0) is 4.57 Å². The lowest BCUT2D eigenvalue weighted by Gasteiger charge is -2.34. The molecule has 0 aliphatic carbocycles. The summed E-state index contributed by atoms with van der Waals surface area (Å²) >= 11 is 0. The minimum atomic E-state index is -2.80. The fraction of sp³-hybridized carbons (Fsp3) is 0.833. The Morgan fingerprint density at radius 3 is 1.63 bits per heavy atom. The lowest BCUT2D eigenvalue weighted by molar-refractivity contribution is 0.190. The van der Waals surface area contributed by atoms with Gasteiger partial charge in [-0.25, -0.2) is 10.9 Å². The van der Waals surface area contributed by atoms with Crippen LogP contribution >= 0.6 is 7.29 Å². The normalized spacial score (nSPS) is 11.8. The number of hydrogen-bond acceptors (Lipinski definition) is 5. The summed E-state index contributed by atoms with van der Waals surface area (Å²) in [6.45, 7) is 7.81. The third-order valence-electron chi connectivity index (χ3n) is 2.27. The van der Waals surface area contributed by atoms with E-state index in [1.54, 1.807) is 4.89 Å². The maximum atomic E-state index is 13.0. The molecule has 0 spiro atoms. The van der Waals surface area contributed by atoms with Gasteiger partial charge in [-0.3, -0.25) is 0 Å². The Labute approximate surface area is 116 Å². The molecule has 0 saturated heterocycles. The van der Waals surface area contributed by atoms with Gasteiger partial charge in [0.15, 0.2) is 7.29 Å². The molecule has 0 aromatic carbocycles. The molecule has 0 radical (unpaired) electrons. The zero-order valence-corrected chi connectivity index (χ0v) is 13.1. The number of nitrogens with zero attached hydrogens (tertiary/aromatic N) is 3. The molecule has 0 atom stereocenters. The van der Waals surface area contributed by atoms with Crippen molar-refractivity contribution in [3.05, 3.63) is 0 Å². The monoisotopic (exact) mass is 285 g/mol. The number of rotatable bonds is 9. The summed E-state index contributed by atoms with van der Waals surface area (Å²) < 4.78 is 13.0. The Morgan fingerprint density at radius 2 is 1.37 bits per heavy atom.